The van der Waals surface area contributed by atoms with E-state index in [0.29, 0.717) is 6.61 Å². The SMILES string of the molecule is CCOCC(=O)N[C@H](C)c1cc(C)ccc1C. The summed E-state index contributed by atoms with van der Waals surface area (Å²) in [5, 5.41) is 2.94. The smallest absolute Gasteiger partial charge is 0.246 e. The molecule has 0 bridgehead atoms. The molecule has 0 radical (unpaired) electrons. The molecule has 0 spiro atoms. The number of aryl methyl sites for hydroxylation is 2. The molecular formula is C14H21NO2. The highest BCUT2D eigenvalue weighted by atomic mass is 16.5. The van der Waals surface area contributed by atoms with Gasteiger partial charge >= 0.3 is 0 Å². The summed E-state index contributed by atoms with van der Waals surface area (Å²) in [4.78, 5) is 11.5. The van der Waals surface area contributed by atoms with E-state index in [1.165, 1.54) is 11.1 Å². The molecule has 0 heterocycles. The number of nitrogens with one attached hydrogen (secondary N) is 1. The monoisotopic (exact) mass is 235 g/mol. The summed E-state index contributed by atoms with van der Waals surface area (Å²) in [6.45, 7) is 8.67. The molecule has 1 amide bonds. The maximum absolute atomic E-state index is 11.5. The van der Waals surface area contributed by atoms with Crippen molar-refractivity contribution in [1.82, 2.24) is 5.32 Å². The predicted octanol–water partition coefficient (Wildman–Crippen LogP) is 2.52. The molecule has 0 fully saturated rings. The minimum Gasteiger partial charge on any atom is -0.372 e. The van der Waals surface area contributed by atoms with Gasteiger partial charge in [0.2, 0.25) is 5.91 Å². The standard InChI is InChI=1S/C14H21NO2/c1-5-17-9-14(16)15-12(4)13-8-10(2)6-7-11(13)3/h6-8,12H,5,9H2,1-4H3,(H,15,16)/t12-/m1/s1. The van der Waals surface area contributed by atoms with Gasteiger partial charge in [0.15, 0.2) is 0 Å². The van der Waals surface area contributed by atoms with Gasteiger partial charge in [-0.1, -0.05) is 23.8 Å². The van der Waals surface area contributed by atoms with Crippen molar-refractivity contribution in [2.75, 3.05) is 13.2 Å². The number of hydrogen-bond acceptors (Lipinski definition) is 2. The fourth-order valence-electron chi connectivity index (χ4n) is 1.78. The highest BCUT2D eigenvalue weighted by Crippen LogP contribution is 2.18. The molecule has 0 saturated carbocycles. The van der Waals surface area contributed by atoms with Gasteiger partial charge in [0, 0.05) is 6.61 Å². The van der Waals surface area contributed by atoms with Crippen molar-refractivity contribution in [2.24, 2.45) is 0 Å². The second kappa shape index (κ2) is 6.40. The average molecular weight is 235 g/mol. The zero-order valence-electron chi connectivity index (χ0n) is 11.0. The van der Waals surface area contributed by atoms with E-state index in [9.17, 15) is 4.79 Å². The summed E-state index contributed by atoms with van der Waals surface area (Å²) in [6.07, 6.45) is 0. The predicted molar refractivity (Wildman–Crippen MR) is 69.0 cm³/mol. The summed E-state index contributed by atoms with van der Waals surface area (Å²) >= 11 is 0. The van der Waals surface area contributed by atoms with Crippen LogP contribution in [0.2, 0.25) is 0 Å². The fraction of sp³-hybridized carbons (Fsp3) is 0.500. The van der Waals surface area contributed by atoms with Crippen molar-refractivity contribution >= 4 is 5.91 Å². The van der Waals surface area contributed by atoms with Gasteiger partial charge in [0.25, 0.3) is 0 Å². The first-order valence-corrected chi connectivity index (χ1v) is 5.98. The van der Waals surface area contributed by atoms with E-state index in [0.717, 1.165) is 5.56 Å². The number of benzene rings is 1. The Morgan fingerprint density at radius 3 is 2.76 bits per heavy atom. The maximum Gasteiger partial charge on any atom is 0.246 e. The van der Waals surface area contributed by atoms with Crippen LogP contribution in [0.5, 0.6) is 0 Å². The lowest BCUT2D eigenvalue weighted by molar-refractivity contribution is -0.126. The van der Waals surface area contributed by atoms with Crippen molar-refractivity contribution < 1.29 is 9.53 Å². The first kappa shape index (κ1) is 13.7. The van der Waals surface area contributed by atoms with E-state index in [2.05, 4.69) is 37.4 Å². The van der Waals surface area contributed by atoms with Gasteiger partial charge in [-0.15, -0.1) is 0 Å². The Balaban J connectivity index is 2.66. The van der Waals surface area contributed by atoms with Crippen molar-refractivity contribution in [3.8, 4) is 0 Å². The number of carbonyl (C=O) groups excluding carboxylic acids is 1. The average Bonchev–Trinajstić information content (AvgIpc) is 2.29. The van der Waals surface area contributed by atoms with Gasteiger partial charge in [-0.05, 0) is 38.8 Å². The van der Waals surface area contributed by atoms with Crippen molar-refractivity contribution in [1.29, 1.82) is 0 Å². The molecule has 0 aliphatic carbocycles. The molecule has 1 rings (SSSR count). The van der Waals surface area contributed by atoms with E-state index in [1.54, 1.807) is 0 Å². The number of hydrogen-bond donors (Lipinski definition) is 1. The number of amides is 1. The maximum atomic E-state index is 11.5. The van der Waals surface area contributed by atoms with E-state index >= 15 is 0 Å². The van der Waals surface area contributed by atoms with Gasteiger partial charge < -0.3 is 10.1 Å². The quantitative estimate of drug-likeness (QED) is 0.851. The second-order valence-corrected chi connectivity index (χ2v) is 4.29. The molecule has 1 aromatic rings. The fourth-order valence-corrected chi connectivity index (χ4v) is 1.78. The summed E-state index contributed by atoms with van der Waals surface area (Å²) < 4.78 is 5.07. The van der Waals surface area contributed by atoms with Gasteiger partial charge in [-0.3, -0.25) is 4.79 Å². The lowest BCUT2D eigenvalue weighted by Gasteiger charge is -2.17. The summed E-state index contributed by atoms with van der Waals surface area (Å²) in [5.41, 5.74) is 3.56. The summed E-state index contributed by atoms with van der Waals surface area (Å²) in [6, 6.07) is 6.28. The second-order valence-electron chi connectivity index (χ2n) is 4.29. The molecule has 0 aliphatic rings. The Morgan fingerprint density at radius 2 is 2.12 bits per heavy atom. The Kier molecular flexibility index (Phi) is 5.16. The Bertz CT molecular complexity index is 388. The minimum absolute atomic E-state index is 0.0165. The van der Waals surface area contributed by atoms with Crippen molar-refractivity contribution in [3.05, 3.63) is 34.9 Å². The van der Waals surface area contributed by atoms with Gasteiger partial charge in [-0.25, -0.2) is 0 Å². The third-order valence-corrected chi connectivity index (χ3v) is 2.72. The van der Waals surface area contributed by atoms with Crippen LogP contribution in [-0.4, -0.2) is 19.1 Å². The minimum atomic E-state index is -0.0692. The van der Waals surface area contributed by atoms with Crippen LogP contribution in [0.3, 0.4) is 0 Å². The molecular weight excluding hydrogens is 214 g/mol. The Hall–Kier alpha value is -1.35. The summed E-state index contributed by atoms with van der Waals surface area (Å²) in [5.74, 6) is -0.0692. The van der Waals surface area contributed by atoms with Crippen LogP contribution >= 0.6 is 0 Å². The van der Waals surface area contributed by atoms with Crippen LogP contribution in [0.1, 0.15) is 36.6 Å². The van der Waals surface area contributed by atoms with Crippen LogP contribution in [0, 0.1) is 13.8 Å². The van der Waals surface area contributed by atoms with Crippen molar-refractivity contribution in [2.45, 2.75) is 33.7 Å². The molecule has 17 heavy (non-hydrogen) atoms. The zero-order chi connectivity index (χ0) is 12.8. The lowest BCUT2D eigenvalue weighted by atomic mass is 10.00. The van der Waals surface area contributed by atoms with Crippen LogP contribution in [-0.2, 0) is 9.53 Å². The van der Waals surface area contributed by atoms with Gasteiger partial charge in [-0.2, -0.15) is 0 Å². The zero-order valence-corrected chi connectivity index (χ0v) is 11.0. The van der Waals surface area contributed by atoms with E-state index in [1.807, 2.05) is 13.8 Å². The molecule has 94 valence electrons. The third-order valence-electron chi connectivity index (χ3n) is 2.72. The van der Waals surface area contributed by atoms with E-state index in [4.69, 9.17) is 4.74 Å². The number of carbonyl (C=O) groups is 1. The highest BCUT2D eigenvalue weighted by Gasteiger charge is 2.11. The topological polar surface area (TPSA) is 38.3 Å². The molecule has 1 aromatic carbocycles. The molecule has 3 nitrogen and oxygen atoms in total. The first-order valence-electron chi connectivity index (χ1n) is 5.98. The molecule has 0 unspecified atom stereocenters. The van der Waals surface area contributed by atoms with Gasteiger partial charge in [0.05, 0.1) is 6.04 Å². The molecule has 0 aromatic heterocycles. The number of ether oxygens (including phenoxy) is 1. The van der Waals surface area contributed by atoms with E-state index < -0.39 is 0 Å². The van der Waals surface area contributed by atoms with Crippen LogP contribution in [0.4, 0.5) is 0 Å². The Labute approximate surface area is 103 Å². The third kappa shape index (κ3) is 4.19. The van der Waals surface area contributed by atoms with Crippen LogP contribution in [0.25, 0.3) is 0 Å². The van der Waals surface area contributed by atoms with Gasteiger partial charge in [0.1, 0.15) is 6.61 Å². The van der Waals surface area contributed by atoms with E-state index in [-0.39, 0.29) is 18.6 Å². The first-order chi connectivity index (χ1) is 8.04. The molecule has 1 atom stereocenters. The molecule has 0 saturated heterocycles. The Morgan fingerprint density at radius 1 is 1.41 bits per heavy atom. The van der Waals surface area contributed by atoms with Crippen molar-refractivity contribution in [3.63, 3.8) is 0 Å². The van der Waals surface area contributed by atoms with Crippen LogP contribution in [0.15, 0.2) is 18.2 Å². The number of rotatable bonds is 5. The van der Waals surface area contributed by atoms with Crippen LogP contribution < -0.4 is 5.32 Å². The highest BCUT2D eigenvalue weighted by molar-refractivity contribution is 5.77. The largest absolute Gasteiger partial charge is 0.372 e. The molecule has 0 aliphatic heterocycles. The normalized spacial score (nSPS) is 12.2. The summed E-state index contributed by atoms with van der Waals surface area (Å²) in [7, 11) is 0. The molecule has 3 heteroatoms. The molecule has 1 N–H and O–H groups in total. The lowest BCUT2D eigenvalue weighted by Crippen LogP contribution is -2.30.